The first-order valence-electron chi connectivity index (χ1n) is 4.88. The number of halogens is 4. The predicted molar refractivity (Wildman–Crippen MR) is 74.4 cm³/mol. The molecule has 0 rings (SSSR count). The van der Waals surface area contributed by atoms with E-state index >= 15 is 0 Å². The van der Waals surface area contributed by atoms with Crippen molar-refractivity contribution >= 4 is 70.7 Å². The van der Waals surface area contributed by atoms with Crippen LogP contribution < -0.4 is 0 Å². The molecule has 0 atom stereocenters. The molecule has 0 saturated carbocycles. The average molecular weight is 493 g/mol. The molecule has 0 bridgehead atoms. The Morgan fingerprint density at radius 1 is 0.857 bits per heavy atom. The van der Waals surface area contributed by atoms with Gasteiger partial charge < -0.3 is 0 Å². The summed E-state index contributed by atoms with van der Waals surface area (Å²) >= 11 is -3.14. The van der Waals surface area contributed by atoms with Gasteiger partial charge >= 0.3 is 119 Å². The Morgan fingerprint density at radius 3 is 1.36 bits per heavy atom. The number of hydrogen-bond donors (Lipinski definition) is 0. The SMILES string of the molecule is CCC[CH2][Sn][CH2]CCC.[Cl][Sn]([Cl])([Cl])[Cl]. The van der Waals surface area contributed by atoms with E-state index in [1.807, 2.05) is 0 Å². The second-order valence-electron chi connectivity index (χ2n) is 2.89. The van der Waals surface area contributed by atoms with Gasteiger partial charge in [0.05, 0.1) is 0 Å². The van der Waals surface area contributed by atoms with Crippen LogP contribution in [0.4, 0.5) is 0 Å². The van der Waals surface area contributed by atoms with E-state index in [2.05, 4.69) is 13.8 Å². The van der Waals surface area contributed by atoms with E-state index in [1.165, 1.54) is 25.7 Å². The Kier molecular flexibility index (Phi) is 18.9. The van der Waals surface area contributed by atoms with Crippen LogP contribution in [0.5, 0.6) is 0 Å². The molecule has 2 radical (unpaired) electrons. The normalized spacial score (nSPS) is 10.7. The van der Waals surface area contributed by atoms with Crippen molar-refractivity contribution in [3.8, 4) is 0 Å². The second kappa shape index (κ2) is 13.8. The molecule has 0 spiro atoms. The first-order chi connectivity index (χ1) is 6.41. The summed E-state index contributed by atoms with van der Waals surface area (Å²) in [6.45, 7) is 4.58. The summed E-state index contributed by atoms with van der Waals surface area (Å²) in [5.74, 6) is 0. The molecule has 6 heteroatoms. The molecule has 0 nitrogen and oxygen atoms in total. The van der Waals surface area contributed by atoms with Gasteiger partial charge in [0, 0.05) is 0 Å². The van der Waals surface area contributed by atoms with Gasteiger partial charge in [-0.15, -0.1) is 0 Å². The summed E-state index contributed by atoms with van der Waals surface area (Å²) in [5.41, 5.74) is 0. The van der Waals surface area contributed by atoms with E-state index in [9.17, 15) is 0 Å². The molecule has 0 amide bonds. The maximum absolute atomic E-state index is 5.04. The van der Waals surface area contributed by atoms with Crippen LogP contribution in [0.15, 0.2) is 0 Å². The van der Waals surface area contributed by atoms with Gasteiger partial charge in [-0.2, -0.15) is 0 Å². The van der Waals surface area contributed by atoms with Crippen molar-refractivity contribution in [2.24, 2.45) is 0 Å². The molecule has 0 aromatic carbocycles. The van der Waals surface area contributed by atoms with Gasteiger partial charge in [-0.3, -0.25) is 0 Å². The predicted octanol–water partition coefficient (Wildman–Crippen LogP) is 5.50. The Hall–Kier alpha value is 2.76. The van der Waals surface area contributed by atoms with Crippen LogP contribution in [0.25, 0.3) is 0 Å². The molecule has 0 N–H and O–H groups in total. The van der Waals surface area contributed by atoms with Crippen LogP contribution in [0.3, 0.4) is 0 Å². The Bertz CT molecular complexity index is 94.0. The fourth-order valence-corrected chi connectivity index (χ4v) is 4.89. The molecule has 0 unspecified atom stereocenters. The quantitative estimate of drug-likeness (QED) is 0.339. The summed E-state index contributed by atoms with van der Waals surface area (Å²) < 4.78 is 3.25. The van der Waals surface area contributed by atoms with E-state index < -0.39 is 13.9 Å². The molecule has 0 aliphatic rings. The Morgan fingerprint density at radius 2 is 1.14 bits per heavy atom. The van der Waals surface area contributed by atoms with Gasteiger partial charge in [0.25, 0.3) is 0 Å². The van der Waals surface area contributed by atoms with Crippen molar-refractivity contribution < 1.29 is 0 Å². The first-order valence-corrected chi connectivity index (χ1v) is 23.4. The van der Waals surface area contributed by atoms with Gasteiger partial charge in [-0.05, 0) is 0 Å². The first kappa shape index (κ1) is 19.1. The Labute approximate surface area is 117 Å². The molecule has 14 heavy (non-hydrogen) atoms. The molecular formula is C8H18Cl4Sn2. The van der Waals surface area contributed by atoms with Crippen LogP contribution in [0.1, 0.15) is 39.5 Å². The minimum atomic E-state index is -3.29. The molecule has 0 aromatic heterocycles. The average Bonchev–Trinajstić information content (AvgIpc) is 2.01. The molecule has 0 aromatic rings. The minimum absolute atomic E-state index is 0.149. The fourth-order valence-electron chi connectivity index (χ4n) is 0.729. The third-order valence-corrected chi connectivity index (χ3v) is 5.45. The molecular weight excluding hydrogens is 475 g/mol. The monoisotopic (exact) mass is 494 g/mol. The van der Waals surface area contributed by atoms with Gasteiger partial charge in [-0.1, -0.05) is 0 Å². The van der Waals surface area contributed by atoms with E-state index in [-0.39, 0.29) is 21.1 Å². The van der Waals surface area contributed by atoms with Crippen molar-refractivity contribution in [2.75, 3.05) is 0 Å². The van der Waals surface area contributed by atoms with E-state index in [1.54, 1.807) is 8.87 Å². The van der Waals surface area contributed by atoms with Gasteiger partial charge in [-0.25, -0.2) is 0 Å². The summed E-state index contributed by atoms with van der Waals surface area (Å²) in [5, 5.41) is 0. The zero-order chi connectivity index (χ0) is 11.4. The number of rotatable bonds is 6. The van der Waals surface area contributed by atoms with E-state index in [0.717, 1.165) is 0 Å². The zero-order valence-electron chi connectivity index (χ0n) is 8.75. The Balaban J connectivity index is 0. The fraction of sp³-hybridized carbons (Fsp3) is 1.00. The molecule has 86 valence electrons. The summed E-state index contributed by atoms with van der Waals surface area (Å²) in [7, 11) is 20.1. The number of unbranched alkanes of at least 4 members (excludes halogenated alkanes) is 2. The summed E-state index contributed by atoms with van der Waals surface area (Å²) in [6, 6.07) is 0. The standard InChI is InChI=1S/2C4H9.4ClH.2Sn/c2*1-3-4-2;;;;;;/h2*1,3-4H2,2H3;4*1H;;/q;;;;;;;+4/p-4. The van der Waals surface area contributed by atoms with E-state index in [0.29, 0.717) is 0 Å². The van der Waals surface area contributed by atoms with E-state index in [4.69, 9.17) is 35.7 Å². The molecule has 0 aliphatic carbocycles. The van der Waals surface area contributed by atoms with Crippen LogP contribution in [0, 0.1) is 0 Å². The van der Waals surface area contributed by atoms with Gasteiger partial charge in [0.15, 0.2) is 0 Å². The van der Waals surface area contributed by atoms with Crippen molar-refractivity contribution in [1.82, 2.24) is 0 Å². The van der Waals surface area contributed by atoms with Gasteiger partial charge in [0.2, 0.25) is 0 Å². The van der Waals surface area contributed by atoms with Crippen LogP contribution in [-0.4, -0.2) is 35.0 Å². The third kappa shape index (κ3) is 36.4. The summed E-state index contributed by atoms with van der Waals surface area (Å²) in [6.07, 6.45) is 5.84. The van der Waals surface area contributed by atoms with Gasteiger partial charge in [0.1, 0.15) is 0 Å². The van der Waals surface area contributed by atoms with Crippen LogP contribution in [-0.2, 0) is 0 Å². The van der Waals surface area contributed by atoms with Crippen molar-refractivity contribution in [2.45, 2.75) is 48.4 Å². The molecule has 0 heterocycles. The zero-order valence-corrected chi connectivity index (χ0v) is 17.5. The maximum atomic E-state index is 5.04. The molecule has 0 aliphatic heterocycles. The topological polar surface area (TPSA) is 0 Å². The third-order valence-electron chi connectivity index (χ3n) is 1.41. The number of hydrogen-bond acceptors (Lipinski definition) is 0. The van der Waals surface area contributed by atoms with Crippen LogP contribution in [0.2, 0.25) is 8.87 Å². The molecule has 0 fully saturated rings. The molecule has 0 saturated heterocycles. The second-order valence-corrected chi connectivity index (χ2v) is 32.6. The summed E-state index contributed by atoms with van der Waals surface area (Å²) in [4.78, 5) is 0. The van der Waals surface area contributed by atoms with Crippen LogP contribution >= 0.6 is 35.7 Å². The van der Waals surface area contributed by atoms with Crippen molar-refractivity contribution in [3.63, 3.8) is 0 Å². The van der Waals surface area contributed by atoms with Crippen molar-refractivity contribution in [3.05, 3.63) is 0 Å². The van der Waals surface area contributed by atoms with Crippen molar-refractivity contribution in [1.29, 1.82) is 0 Å².